The second kappa shape index (κ2) is 3.72. The normalized spacial score (nSPS) is 19.6. The van der Waals surface area contributed by atoms with Gasteiger partial charge in [0.15, 0.2) is 0 Å². The van der Waals surface area contributed by atoms with E-state index in [-0.39, 0.29) is 12.5 Å². The lowest BCUT2D eigenvalue weighted by molar-refractivity contribution is 0.0850. The summed E-state index contributed by atoms with van der Waals surface area (Å²) in [6.45, 7) is 4.61. The third kappa shape index (κ3) is 1.66. The van der Waals surface area contributed by atoms with Crippen LogP contribution >= 0.6 is 0 Å². The predicted molar refractivity (Wildman–Crippen MR) is 78.2 cm³/mol. The molecule has 3 heteroatoms. The molecule has 2 aliphatic rings. The lowest BCUT2D eigenvalue weighted by Gasteiger charge is -2.31. The minimum atomic E-state index is -0.183. The van der Waals surface area contributed by atoms with Crippen molar-refractivity contribution in [1.82, 2.24) is 0 Å². The Morgan fingerprint density at radius 1 is 1.16 bits per heavy atom. The highest BCUT2D eigenvalue weighted by Gasteiger charge is 2.41. The zero-order chi connectivity index (χ0) is 13.0. The van der Waals surface area contributed by atoms with Crippen molar-refractivity contribution in [3.63, 3.8) is 0 Å². The van der Waals surface area contributed by atoms with E-state index in [0.717, 1.165) is 11.9 Å². The summed E-state index contributed by atoms with van der Waals surface area (Å²) >= 11 is 0. The molecule has 1 aliphatic carbocycles. The number of rotatable bonds is 1. The molecule has 0 amide bonds. The Kier molecular flexibility index (Phi) is 2.20. The number of hydrogen-bond donors (Lipinski definition) is 0. The molecule has 0 N–H and O–H groups in total. The Labute approximate surface area is 113 Å². The van der Waals surface area contributed by atoms with E-state index < -0.39 is 0 Å². The van der Waals surface area contributed by atoms with Crippen molar-refractivity contribution in [2.24, 2.45) is 0 Å². The molecule has 0 saturated carbocycles. The van der Waals surface area contributed by atoms with Gasteiger partial charge >= 0.3 is 7.12 Å². The monoisotopic (exact) mass is 250 g/mol. The molecule has 19 heavy (non-hydrogen) atoms. The minimum Gasteiger partial charge on any atom is -0.267 e. The summed E-state index contributed by atoms with van der Waals surface area (Å²) in [5.74, 6) is 0. The van der Waals surface area contributed by atoms with Gasteiger partial charge in [-0.05, 0) is 39.2 Å². The number of fused-ring (bicyclic) bond motifs is 3. The van der Waals surface area contributed by atoms with Crippen molar-refractivity contribution < 1.29 is 9.61 Å². The molecule has 94 valence electrons. The van der Waals surface area contributed by atoms with Gasteiger partial charge in [-0.2, -0.15) is 0 Å². The maximum Gasteiger partial charge on any atom is 0.551 e. The van der Waals surface area contributed by atoms with Crippen LogP contribution in [-0.2, 0) is 15.0 Å². The Hall–Kier alpha value is -1.58. The van der Waals surface area contributed by atoms with Crippen molar-refractivity contribution in [1.29, 1.82) is 0 Å². The lowest BCUT2D eigenvalue weighted by Crippen LogP contribution is -2.29. The van der Waals surface area contributed by atoms with Crippen LogP contribution in [-0.4, -0.2) is 7.12 Å². The van der Waals surface area contributed by atoms with Gasteiger partial charge in [-0.1, -0.05) is 56.3 Å². The first-order valence-corrected chi connectivity index (χ1v) is 6.72. The molecule has 1 saturated heterocycles. The zero-order valence-corrected chi connectivity index (χ0v) is 11.1. The van der Waals surface area contributed by atoms with E-state index in [4.69, 9.17) is 9.61 Å². The fourth-order valence-corrected chi connectivity index (χ4v) is 3.19. The highest BCUT2D eigenvalue weighted by atomic mass is 17.3. The molecule has 2 aromatic rings. The van der Waals surface area contributed by atoms with Crippen LogP contribution in [0, 0.1) is 0 Å². The Balaban J connectivity index is 2.14. The van der Waals surface area contributed by atoms with Crippen molar-refractivity contribution in [3.05, 3.63) is 47.5 Å². The molecular weight excluding hydrogens is 235 g/mol. The van der Waals surface area contributed by atoms with Crippen molar-refractivity contribution >= 4 is 29.4 Å². The van der Waals surface area contributed by atoms with E-state index in [1.807, 2.05) is 0 Å². The summed E-state index contributed by atoms with van der Waals surface area (Å²) in [4.78, 5) is 10.1. The maximum absolute atomic E-state index is 5.04. The molecule has 1 fully saturated rings. The van der Waals surface area contributed by atoms with Gasteiger partial charge < -0.3 is 0 Å². The summed E-state index contributed by atoms with van der Waals surface area (Å²) < 4.78 is 0. The van der Waals surface area contributed by atoms with Gasteiger partial charge in [0.2, 0.25) is 0 Å². The summed E-state index contributed by atoms with van der Waals surface area (Å²) in [6.07, 6.45) is 5.54. The average molecular weight is 250 g/mol. The topological polar surface area (TPSA) is 25.1 Å². The van der Waals surface area contributed by atoms with E-state index in [0.29, 0.717) is 0 Å². The van der Waals surface area contributed by atoms with E-state index in [1.165, 1.54) is 21.9 Å². The van der Waals surface area contributed by atoms with Crippen molar-refractivity contribution in [3.8, 4) is 0 Å². The zero-order valence-electron chi connectivity index (χ0n) is 11.1. The lowest BCUT2D eigenvalue weighted by atomic mass is 9.67. The smallest absolute Gasteiger partial charge is 0.267 e. The van der Waals surface area contributed by atoms with E-state index >= 15 is 0 Å². The van der Waals surface area contributed by atoms with Crippen LogP contribution in [0.3, 0.4) is 0 Å². The van der Waals surface area contributed by atoms with E-state index in [2.05, 4.69) is 56.3 Å². The third-order valence-electron chi connectivity index (χ3n) is 4.16. The van der Waals surface area contributed by atoms with Crippen LogP contribution in [0.25, 0.3) is 16.8 Å². The molecule has 1 heterocycles. The minimum absolute atomic E-state index is 0.147. The largest absolute Gasteiger partial charge is 0.551 e. The van der Waals surface area contributed by atoms with Gasteiger partial charge in [-0.3, -0.25) is 9.61 Å². The third-order valence-corrected chi connectivity index (χ3v) is 4.16. The molecule has 0 atom stereocenters. The fraction of sp³-hybridized carbons (Fsp3) is 0.250. The molecule has 0 unspecified atom stereocenters. The second-order valence-corrected chi connectivity index (χ2v) is 5.99. The molecule has 2 aromatic carbocycles. The first-order chi connectivity index (χ1) is 9.17. The maximum atomic E-state index is 5.04. The summed E-state index contributed by atoms with van der Waals surface area (Å²) in [6, 6.07) is 10.8. The summed E-state index contributed by atoms with van der Waals surface area (Å²) in [5, 5.41) is 2.61. The van der Waals surface area contributed by atoms with E-state index in [9.17, 15) is 0 Å². The number of hydrogen-bond acceptors (Lipinski definition) is 2. The number of benzene rings is 2. The fourth-order valence-electron chi connectivity index (χ4n) is 3.19. The quantitative estimate of drug-likeness (QED) is 0.441. The van der Waals surface area contributed by atoms with Crippen LogP contribution in [0.4, 0.5) is 0 Å². The molecule has 0 radical (unpaired) electrons. The molecule has 1 aliphatic heterocycles. The Bertz CT molecular complexity index is 699. The van der Waals surface area contributed by atoms with Gasteiger partial charge in [0.05, 0.1) is 0 Å². The second-order valence-electron chi connectivity index (χ2n) is 5.99. The molecule has 0 spiro atoms. The molecular formula is C16H15BO2. The van der Waals surface area contributed by atoms with Gasteiger partial charge in [0.25, 0.3) is 0 Å². The van der Waals surface area contributed by atoms with Crippen molar-refractivity contribution in [2.45, 2.75) is 25.7 Å². The first kappa shape index (κ1) is 11.3. The standard InChI is InChI=1S/C16H15BO2/c1-16(2)9-5-8-13-14(17-18-19-17)10-11-6-3-4-7-12(11)15(13)16/h3-8,10H,9H2,1-2H3. The van der Waals surface area contributed by atoms with Crippen LogP contribution in [0.15, 0.2) is 36.4 Å². The summed E-state index contributed by atoms with van der Waals surface area (Å²) in [7, 11) is -0.183. The first-order valence-electron chi connectivity index (χ1n) is 6.72. The molecule has 0 aromatic heterocycles. The van der Waals surface area contributed by atoms with Crippen LogP contribution in [0.2, 0.25) is 0 Å². The van der Waals surface area contributed by atoms with Gasteiger partial charge in [-0.25, -0.2) is 0 Å². The summed E-state index contributed by atoms with van der Waals surface area (Å²) in [5.41, 5.74) is 3.99. The van der Waals surface area contributed by atoms with Crippen LogP contribution in [0.1, 0.15) is 31.4 Å². The van der Waals surface area contributed by atoms with Crippen LogP contribution in [0.5, 0.6) is 0 Å². The number of allylic oxidation sites excluding steroid dienone is 1. The predicted octanol–water partition coefficient (Wildman–Crippen LogP) is 3.19. The average Bonchev–Trinajstić information content (AvgIpc) is 3.21. The highest BCUT2D eigenvalue weighted by molar-refractivity contribution is 6.67. The van der Waals surface area contributed by atoms with E-state index in [1.54, 1.807) is 0 Å². The van der Waals surface area contributed by atoms with Crippen molar-refractivity contribution in [2.75, 3.05) is 0 Å². The van der Waals surface area contributed by atoms with Gasteiger partial charge in [-0.15, -0.1) is 0 Å². The van der Waals surface area contributed by atoms with Gasteiger partial charge in [0.1, 0.15) is 0 Å². The van der Waals surface area contributed by atoms with Gasteiger partial charge in [0, 0.05) is 0 Å². The molecule has 0 bridgehead atoms. The Morgan fingerprint density at radius 3 is 2.74 bits per heavy atom. The van der Waals surface area contributed by atoms with Crippen LogP contribution < -0.4 is 5.46 Å². The SMILES string of the molecule is CC1(C)CC=Cc2c(B3OO3)cc3ccccc3c21. The molecule has 4 rings (SSSR count). The Morgan fingerprint density at radius 2 is 1.95 bits per heavy atom. The highest BCUT2D eigenvalue weighted by Crippen LogP contribution is 2.39. The molecule has 2 nitrogen and oxygen atoms in total.